The van der Waals surface area contributed by atoms with Crippen molar-refractivity contribution < 1.29 is 23.5 Å². The van der Waals surface area contributed by atoms with Crippen LogP contribution in [0.1, 0.15) is 18.4 Å². The van der Waals surface area contributed by atoms with E-state index < -0.39 is 6.61 Å². The zero-order valence-corrected chi connectivity index (χ0v) is 9.55. The maximum Gasteiger partial charge on any atom is 0.387 e. The largest absolute Gasteiger partial charge is 0.489 e. The van der Waals surface area contributed by atoms with E-state index in [1.807, 2.05) is 0 Å². The van der Waals surface area contributed by atoms with Crippen molar-refractivity contribution in [1.29, 1.82) is 0 Å². The van der Waals surface area contributed by atoms with Gasteiger partial charge in [0.1, 0.15) is 0 Å². The molecule has 0 amide bonds. The Labute approximate surface area is 103 Å². The third-order valence-electron chi connectivity index (χ3n) is 2.56. The molecule has 1 aliphatic carbocycles. The predicted molar refractivity (Wildman–Crippen MR) is 60.7 cm³/mol. The van der Waals surface area contributed by atoms with Gasteiger partial charge in [-0.15, -0.1) is 0 Å². The van der Waals surface area contributed by atoms with Gasteiger partial charge in [0.25, 0.3) is 0 Å². The molecule has 1 aromatic carbocycles. The number of nitrogens with zero attached hydrogens (tertiary/aromatic N) is 1. The number of oxime groups is 1. The van der Waals surface area contributed by atoms with Gasteiger partial charge in [0.15, 0.2) is 11.5 Å². The standard InChI is InChI=1S/C12H13F2NO3/c13-12(14)18-10-4-3-9(6-15-16)5-11(10)17-7-8-1-2-8/h3-6,8,12,16H,1-2,7H2. The number of benzene rings is 1. The molecule has 0 saturated heterocycles. The third kappa shape index (κ3) is 3.58. The molecule has 4 nitrogen and oxygen atoms in total. The second-order valence-corrected chi connectivity index (χ2v) is 4.08. The number of hydrogen-bond acceptors (Lipinski definition) is 4. The highest BCUT2D eigenvalue weighted by molar-refractivity contribution is 5.80. The summed E-state index contributed by atoms with van der Waals surface area (Å²) in [5, 5.41) is 11.3. The lowest BCUT2D eigenvalue weighted by Crippen LogP contribution is -2.06. The molecule has 0 atom stereocenters. The molecule has 98 valence electrons. The normalized spacial score (nSPS) is 15.3. The lowest BCUT2D eigenvalue weighted by Gasteiger charge is -2.12. The Hall–Kier alpha value is -1.85. The van der Waals surface area contributed by atoms with Gasteiger partial charge < -0.3 is 14.7 Å². The average molecular weight is 257 g/mol. The van der Waals surface area contributed by atoms with E-state index in [1.54, 1.807) is 0 Å². The zero-order valence-electron chi connectivity index (χ0n) is 9.55. The molecule has 2 rings (SSSR count). The Morgan fingerprint density at radius 2 is 2.17 bits per heavy atom. The highest BCUT2D eigenvalue weighted by Crippen LogP contribution is 2.33. The lowest BCUT2D eigenvalue weighted by atomic mass is 10.2. The molecular formula is C12H13F2NO3. The molecule has 1 saturated carbocycles. The van der Waals surface area contributed by atoms with Crippen molar-refractivity contribution >= 4 is 6.21 Å². The van der Waals surface area contributed by atoms with Crippen molar-refractivity contribution in [3.63, 3.8) is 0 Å². The number of rotatable bonds is 6. The summed E-state index contributed by atoms with van der Waals surface area (Å²) >= 11 is 0. The van der Waals surface area contributed by atoms with Gasteiger partial charge in [-0.25, -0.2) is 0 Å². The fourth-order valence-electron chi connectivity index (χ4n) is 1.47. The molecule has 0 radical (unpaired) electrons. The molecular weight excluding hydrogens is 244 g/mol. The van der Waals surface area contributed by atoms with Crippen LogP contribution in [0.25, 0.3) is 0 Å². The fourth-order valence-corrected chi connectivity index (χ4v) is 1.47. The molecule has 6 heteroatoms. The number of ether oxygens (including phenoxy) is 2. The second kappa shape index (κ2) is 5.66. The van der Waals surface area contributed by atoms with Gasteiger partial charge in [0, 0.05) is 5.56 Å². The van der Waals surface area contributed by atoms with Crippen LogP contribution in [0.2, 0.25) is 0 Å². The molecule has 0 spiro atoms. The Balaban J connectivity index is 2.14. The Morgan fingerprint density at radius 3 is 2.78 bits per heavy atom. The summed E-state index contributed by atoms with van der Waals surface area (Å²) in [4.78, 5) is 0. The molecule has 0 bridgehead atoms. The van der Waals surface area contributed by atoms with E-state index in [9.17, 15) is 8.78 Å². The van der Waals surface area contributed by atoms with Crippen molar-refractivity contribution in [2.24, 2.45) is 11.1 Å². The van der Waals surface area contributed by atoms with Crippen molar-refractivity contribution in [2.75, 3.05) is 6.61 Å². The summed E-state index contributed by atoms with van der Waals surface area (Å²) in [5.74, 6) is 0.722. The summed E-state index contributed by atoms with van der Waals surface area (Å²) in [5.41, 5.74) is 0.546. The molecule has 0 unspecified atom stereocenters. The van der Waals surface area contributed by atoms with Crippen LogP contribution in [0.3, 0.4) is 0 Å². The van der Waals surface area contributed by atoms with Crippen LogP contribution in [-0.4, -0.2) is 24.6 Å². The minimum Gasteiger partial charge on any atom is -0.489 e. The van der Waals surface area contributed by atoms with Crippen molar-refractivity contribution in [1.82, 2.24) is 0 Å². The zero-order chi connectivity index (χ0) is 13.0. The molecule has 1 aromatic rings. The molecule has 1 N–H and O–H groups in total. The molecule has 0 aromatic heterocycles. The van der Waals surface area contributed by atoms with Crippen LogP contribution in [0.5, 0.6) is 11.5 Å². The molecule has 1 aliphatic rings. The maximum absolute atomic E-state index is 12.2. The maximum atomic E-state index is 12.2. The number of alkyl halides is 2. The van der Waals surface area contributed by atoms with Gasteiger partial charge in [-0.3, -0.25) is 0 Å². The van der Waals surface area contributed by atoms with E-state index in [-0.39, 0.29) is 11.5 Å². The summed E-state index contributed by atoms with van der Waals surface area (Å²) in [6.45, 7) is -2.41. The molecule has 1 fully saturated rings. The van der Waals surface area contributed by atoms with Crippen LogP contribution in [0.4, 0.5) is 8.78 Å². The van der Waals surface area contributed by atoms with E-state index in [2.05, 4.69) is 9.89 Å². The predicted octanol–water partition coefficient (Wildman–Crippen LogP) is 2.88. The Bertz CT molecular complexity index is 433. The number of hydrogen-bond donors (Lipinski definition) is 1. The highest BCUT2D eigenvalue weighted by atomic mass is 19.3. The summed E-state index contributed by atoms with van der Waals surface area (Å²) < 4.78 is 34.2. The van der Waals surface area contributed by atoms with Crippen molar-refractivity contribution in [2.45, 2.75) is 19.5 Å². The van der Waals surface area contributed by atoms with E-state index >= 15 is 0 Å². The van der Waals surface area contributed by atoms with Crippen molar-refractivity contribution in [3.05, 3.63) is 23.8 Å². The van der Waals surface area contributed by atoms with E-state index in [1.165, 1.54) is 24.4 Å². The quantitative estimate of drug-likeness (QED) is 0.484. The summed E-state index contributed by atoms with van der Waals surface area (Å²) in [7, 11) is 0. The van der Waals surface area contributed by atoms with Gasteiger partial charge in [0.2, 0.25) is 0 Å². The van der Waals surface area contributed by atoms with Crippen LogP contribution >= 0.6 is 0 Å². The summed E-state index contributed by atoms with van der Waals surface area (Å²) in [6, 6.07) is 4.37. The first-order valence-electron chi connectivity index (χ1n) is 5.58. The van der Waals surface area contributed by atoms with Gasteiger partial charge in [-0.05, 0) is 37.0 Å². The first-order valence-corrected chi connectivity index (χ1v) is 5.58. The highest BCUT2D eigenvalue weighted by Gasteiger charge is 2.23. The minimum atomic E-state index is -2.90. The fraction of sp³-hybridized carbons (Fsp3) is 0.417. The SMILES string of the molecule is ON=Cc1ccc(OC(F)F)c(OCC2CC2)c1. The van der Waals surface area contributed by atoms with Gasteiger partial charge >= 0.3 is 6.61 Å². The molecule has 0 heterocycles. The first kappa shape index (κ1) is 12.6. The number of halogens is 2. The van der Waals surface area contributed by atoms with Crippen LogP contribution in [0.15, 0.2) is 23.4 Å². The van der Waals surface area contributed by atoms with Crippen LogP contribution in [-0.2, 0) is 0 Å². The second-order valence-electron chi connectivity index (χ2n) is 4.08. The average Bonchev–Trinajstić information content (AvgIpc) is 3.13. The third-order valence-corrected chi connectivity index (χ3v) is 2.56. The van der Waals surface area contributed by atoms with E-state index in [4.69, 9.17) is 9.94 Å². The van der Waals surface area contributed by atoms with Gasteiger partial charge in [-0.2, -0.15) is 8.78 Å². The molecule has 18 heavy (non-hydrogen) atoms. The minimum absolute atomic E-state index is 0.0132. The topological polar surface area (TPSA) is 51.1 Å². The van der Waals surface area contributed by atoms with Crippen LogP contribution < -0.4 is 9.47 Å². The Kier molecular flexibility index (Phi) is 3.96. The smallest absolute Gasteiger partial charge is 0.387 e. The molecule has 0 aliphatic heterocycles. The van der Waals surface area contributed by atoms with E-state index in [0.717, 1.165) is 12.8 Å². The van der Waals surface area contributed by atoms with Gasteiger partial charge in [0.05, 0.1) is 12.8 Å². The monoisotopic (exact) mass is 257 g/mol. The van der Waals surface area contributed by atoms with Crippen molar-refractivity contribution in [3.8, 4) is 11.5 Å². The summed E-state index contributed by atoms with van der Waals surface area (Å²) in [6.07, 6.45) is 3.39. The first-order chi connectivity index (χ1) is 8.69. The Morgan fingerprint density at radius 1 is 1.39 bits per heavy atom. The lowest BCUT2D eigenvalue weighted by molar-refractivity contribution is -0.0515. The van der Waals surface area contributed by atoms with E-state index in [0.29, 0.717) is 18.1 Å². The van der Waals surface area contributed by atoms with Crippen LogP contribution in [0, 0.1) is 5.92 Å². The van der Waals surface area contributed by atoms with Gasteiger partial charge in [-0.1, -0.05) is 5.16 Å².